The Balaban J connectivity index is 4.43. The van der Waals surface area contributed by atoms with E-state index in [-0.39, 0.29) is 6.03 Å². The maximum Gasteiger partial charge on any atom is 0.326 e. The van der Waals surface area contributed by atoms with Crippen LogP contribution in [-0.4, -0.2) is 66.8 Å². The van der Waals surface area contributed by atoms with Crippen LogP contribution in [0.4, 0.5) is 4.79 Å². The third-order valence-electron chi connectivity index (χ3n) is 2.46. The smallest absolute Gasteiger partial charge is 0.326 e. The predicted octanol–water partition coefficient (Wildman–Crippen LogP) is 0.480. The first-order chi connectivity index (χ1) is 7.45. The average Bonchev–Trinajstić information content (AvgIpc) is 2.27. The van der Waals surface area contributed by atoms with Crippen LogP contribution in [0.3, 0.4) is 0 Å². The molecule has 0 saturated heterocycles. The van der Waals surface area contributed by atoms with Crippen molar-refractivity contribution in [1.29, 1.82) is 0 Å². The normalized spacial score (nSPS) is 12.0. The molecular formula is C10H20N2O4. The Morgan fingerprint density at radius 2 is 2.00 bits per heavy atom. The number of carbonyl (C=O) groups is 2. The van der Waals surface area contributed by atoms with Gasteiger partial charge in [0.15, 0.2) is 0 Å². The third kappa shape index (κ3) is 4.06. The third-order valence-corrected chi connectivity index (χ3v) is 2.46. The highest BCUT2D eigenvalue weighted by Gasteiger charge is 2.24. The molecule has 6 heteroatoms. The quantitative estimate of drug-likeness (QED) is 0.723. The molecule has 1 N–H and O–H groups in total. The Bertz CT molecular complexity index is 245. The highest BCUT2D eigenvalue weighted by Crippen LogP contribution is 2.02. The molecule has 0 bridgehead atoms. The number of rotatable bonds is 6. The number of hydrogen-bond acceptors (Lipinski definition) is 3. The number of carboxylic acid groups (broad SMARTS) is 1. The molecule has 0 fully saturated rings. The maximum atomic E-state index is 11.9. The van der Waals surface area contributed by atoms with E-state index in [1.165, 1.54) is 18.9 Å². The second-order valence-corrected chi connectivity index (χ2v) is 3.48. The van der Waals surface area contributed by atoms with Gasteiger partial charge in [0.1, 0.15) is 6.04 Å². The van der Waals surface area contributed by atoms with Crippen molar-refractivity contribution < 1.29 is 19.4 Å². The van der Waals surface area contributed by atoms with Crippen LogP contribution in [0, 0.1) is 0 Å². The Kier molecular flexibility index (Phi) is 6.48. The number of likely N-dealkylation sites (N-methyl/N-ethyl adjacent to an activating group) is 2. The van der Waals surface area contributed by atoms with Crippen molar-refractivity contribution in [2.45, 2.75) is 19.9 Å². The lowest BCUT2D eigenvalue weighted by molar-refractivity contribution is -0.141. The Hall–Kier alpha value is -1.30. The van der Waals surface area contributed by atoms with Gasteiger partial charge in [0.25, 0.3) is 0 Å². The van der Waals surface area contributed by atoms with Gasteiger partial charge in [0.2, 0.25) is 0 Å². The first-order valence-corrected chi connectivity index (χ1v) is 5.19. The highest BCUT2D eigenvalue weighted by molar-refractivity contribution is 5.82. The summed E-state index contributed by atoms with van der Waals surface area (Å²) in [5.41, 5.74) is 0. The van der Waals surface area contributed by atoms with E-state index in [1.807, 2.05) is 6.92 Å². The van der Waals surface area contributed by atoms with E-state index in [4.69, 9.17) is 9.84 Å². The standard InChI is InChI=1S/C10H20N2O4/c1-5-12(6-7-16-4)10(15)11(3)8(2)9(13)14/h8H,5-7H2,1-4H3,(H,13,14). The molecule has 1 unspecified atom stereocenters. The summed E-state index contributed by atoms with van der Waals surface area (Å²) < 4.78 is 4.88. The number of aliphatic carboxylic acids is 1. The molecule has 2 amide bonds. The zero-order chi connectivity index (χ0) is 12.7. The Labute approximate surface area is 95.8 Å². The van der Waals surface area contributed by atoms with Gasteiger partial charge < -0.3 is 19.6 Å². The number of hydrogen-bond donors (Lipinski definition) is 1. The van der Waals surface area contributed by atoms with Crippen molar-refractivity contribution in [2.75, 3.05) is 33.9 Å². The number of carbonyl (C=O) groups excluding carboxylic acids is 1. The summed E-state index contributed by atoms with van der Waals surface area (Å²) in [6.07, 6.45) is 0. The molecule has 0 aliphatic carbocycles. The second-order valence-electron chi connectivity index (χ2n) is 3.48. The maximum absolute atomic E-state index is 11.9. The van der Waals surface area contributed by atoms with Gasteiger partial charge in [-0.15, -0.1) is 0 Å². The zero-order valence-corrected chi connectivity index (χ0v) is 10.3. The fraction of sp³-hybridized carbons (Fsp3) is 0.800. The molecule has 0 aromatic carbocycles. The van der Waals surface area contributed by atoms with Gasteiger partial charge in [-0.1, -0.05) is 0 Å². The molecule has 0 radical (unpaired) electrons. The number of carboxylic acids is 1. The van der Waals surface area contributed by atoms with Crippen molar-refractivity contribution in [3.8, 4) is 0 Å². The summed E-state index contributed by atoms with van der Waals surface area (Å²) in [4.78, 5) is 25.3. The van der Waals surface area contributed by atoms with Crippen LogP contribution in [0.2, 0.25) is 0 Å². The van der Waals surface area contributed by atoms with Crippen LogP contribution in [0.25, 0.3) is 0 Å². The highest BCUT2D eigenvalue weighted by atomic mass is 16.5. The molecule has 0 rings (SSSR count). The van der Waals surface area contributed by atoms with E-state index < -0.39 is 12.0 Å². The SMILES string of the molecule is CCN(CCOC)C(=O)N(C)C(C)C(=O)O. The second kappa shape index (κ2) is 7.05. The topological polar surface area (TPSA) is 70.1 Å². The van der Waals surface area contributed by atoms with Gasteiger partial charge in [-0.25, -0.2) is 9.59 Å². The fourth-order valence-corrected chi connectivity index (χ4v) is 1.14. The number of methoxy groups -OCH3 is 1. The molecule has 16 heavy (non-hydrogen) atoms. The lowest BCUT2D eigenvalue weighted by atomic mass is 10.3. The van der Waals surface area contributed by atoms with Gasteiger partial charge in [0, 0.05) is 27.2 Å². The van der Waals surface area contributed by atoms with Crippen molar-refractivity contribution in [1.82, 2.24) is 9.80 Å². The predicted molar refractivity (Wildman–Crippen MR) is 59.4 cm³/mol. The molecule has 94 valence electrons. The first kappa shape index (κ1) is 14.7. The van der Waals surface area contributed by atoms with Crippen LogP contribution in [0.1, 0.15) is 13.8 Å². The van der Waals surface area contributed by atoms with Crippen LogP contribution < -0.4 is 0 Å². The van der Waals surface area contributed by atoms with E-state index in [0.717, 1.165) is 0 Å². The summed E-state index contributed by atoms with van der Waals surface area (Å²) in [6, 6.07) is -1.13. The zero-order valence-electron chi connectivity index (χ0n) is 10.3. The van der Waals surface area contributed by atoms with E-state index in [2.05, 4.69) is 0 Å². The lowest BCUT2D eigenvalue weighted by Crippen LogP contribution is -2.48. The first-order valence-electron chi connectivity index (χ1n) is 5.19. The number of urea groups is 1. The molecule has 0 saturated carbocycles. The summed E-state index contributed by atoms with van der Waals surface area (Å²) in [7, 11) is 3.04. The number of ether oxygens (including phenoxy) is 1. The molecule has 6 nitrogen and oxygen atoms in total. The lowest BCUT2D eigenvalue weighted by Gasteiger charge is -2.29. The minimum absolute atomic E-state index is 0.297. The Morgan fingerprint density at radius 3 is 2.38 bits per heavy atom. The van der Waals surface area contributed by atoms with Crippen LogP contribution in [-0.2, 0) is 9.53 Å². The van der Waals surface area contributed by atoms with Crippen molar-refractivity contribution in [2.24, 2.45) is 0 Å². The summed E-state index contributed by atoms with van der Waals surface area (Å²) >= 11 is 0. The van der Waals surface area contributed by atoms with Crippen LogP contribution in [0.15, 0.2) is 0 Å². The molecular weight excluding hydrogens is 212 g/mol. The monoisotopic (exact) mass is 232 g/mol. The molecule has 0 aliphatic rings. The van der Waals surface area contributed by atoms with Crippen LogP contribution in [0.5, 0.6) is 0 Å². The number of amides is 2. The molecule has 0 heterocycles. The summed E-state index contributed by atoms with van der Waals surface area (Å²) in [5.74, 6) is -1.02. The molecule has 0 aliphatic heterocycles. The number of nitrogens with zero attached hydrogens (tertiary/aromatic N) is 2. The minimum atomic E-state index is -1.02. The van der Waals surface area contributed by atoms with Gasteiger partial charge in [-0.05, 0) is 13.8 Å². The van der Waals surface area contributed by atoms with Gasteiger partial charge in [0.05, 0.1) is 6.61 Å². The fourth-order valence-electron chi connectivity index (χ4n) is 1.14. The largest absolute Gasteiger partial charge is 0.480 e. The van der Waals surface area contributed by atoms with Gasteiger partial charge in [-0.3, -0.25) is 0 Å². The van der Waals surface area contributed by atoms with Crippen molar-refractivity contribution >= 4 is 12.0 Å². The average molecular weight is 232 g/mol. The molecule has 0 aromatic rings. The van der Waals surface area contributed by atoms with E-state index in [0.29, 0.717) is 19.7 Å². The molecule has 0 spiro atoms. The van der Waals surface area contributed by atoms with Crippen LogP contribution >= 0.6 is 0 Å². The van der Waals surface area contributed by atoms with Crippen molar-refractivity contribution in [3.63, 3.8) is 0 Å². The minimum Gasteiger partial charge on any atom is -0.480 e. The molecule has 1 atom stereocenters. The summed E-state index contributed by atoms with van der Waals surface area (Å²) in [5, 5.41) is 8.79. The van der Waals surface area contributed by atoms with Gasteiger partial charge >= 0.3 is 12.0 Å². The summed E-state index contributed by atoms with van der Waals surface area (Å²) in [6.45, 7) is 4.74. The van der Waals surface area contributed by atoms with E-state index in [9.17, 15) is 9.59 Å². The van der Waals surface area contributed by atoms with Gasteiger partial charge in [-0.2, -0.15) is 0 Å². The van der Waals surface area contributed by atoms with E-state index in [1.54, 1.807) is 12.0 Å². The van der Waals surface area contributed by atoms with Crippen molar-refractivity contribution in [3.05, 3.63) is 0 Å². The molecule has 0 aromatic heterocycles. The Morgan fingerprint density at radius 1 is 1.44 bits per heavy atom. The van der Waals surface area contributed by atoms with E-state index >= 15 is 0 Å².